The van der Waals surface area contributed by atoms with E-state index in [0.717, 1.165) is 76.1 Å². The molecule has 1 fully saturated rings. The number of benzene rings is 1. The van der Waals surface area contributed by atoms with Gasteiger partial charge in [0.25, 0.3) is 0 Å². The van der Waals surface area contributed by atoms with Gasteiger partial charge in [0.15, 0.2) is 0 Å². The Hall–Kier alpha value is -2.24. The SMILES string of the molecule is CNCC(C=N)C1=CCC2CCN(CCCN3CCc4ccccc4C3)C(=O)C2=C1. The van der Waals surface area contributed by atoms with Crippen molar-refractivity contribution in [3.8, 4) is 0 Å². The van der Waals surface area contributed by atoms with Crippen LogP contribution < -0.4 is 5.32 Å². The molecule has 0 saturated carbocycles. The molecule has 3 aliphatic rings. The van der Waals surface area contributed by atoms with E-state index in [-0.39, 0.29) is 11.8 Å². The van der Waals surface area contributed by atoms with Crippen LogP contribution in [0.3, 0.4) is 0 Å². The van der Waals surface area contributed by atoms with E-state index in [1.165, 1.54) is 17.3 Å². The average Bonchev–Trinajstić information content (AvgIpc) is 2.79. The molecule has 0 aromatic heterocycles. The quantitative estimate of drug-likeness (QED) is 0.653. The second kappa shape index (κ2) is 9.71. The number of hydrogen-bond donors (Lipinski definition) is 2. The molecule has 30 heavy (non-hydrogen) atoms. The van der Waals surface area contributed by atoms with Gasteiger partial charge in [-0.25, -0.2) is 0 Å². The number of fused-ring (bicyclic) bond motifs is 2. The Morgan fingerprint density at radius 2 is 2.07 bits per heavy atom. The Bertz CT molecular complexity index is 843. The molecule has 1 aromatic rings. The second-order valence-corrected chi connectivity index (χ2v) is 8.80. The van der Waals surface area contributed by atoms with E-state index in [1.54, 1.807) is 0 Å². The van der Waals surface area contributed by atoms with E-state index in [1.807, 2.05) is 7.05 Å². The lowest BCUT2D eigenvalue weighted by molar-refractivity contribution is -0.129. The molecule has 2 atom stereocenters. The Morgan fingerprint density at radius 1 is 1.23 bits per heavy atom. The molecule has 1 aromatic carbocycles. The summed E-state index contributed by atoms with van der Waals surface area (Å²) in [4.78, 5) is 17.7. The minimum absolute atomic E-state index is 0.0496. The summed E-state index contributed by atoms with van der Waals surface area (Å²) in [6.45, 7) is 5.64. The molecule has 2 aliphatic heterocycles. The zero-order chi connectivity index (χ0) is 20.9. The Balaban J connectivity index is 1.32. The molecule has 1 aliphatic carbocycles. The summed E-state index contributed by atoms with van der Waals surface area (Å²) in [5.74, 6) is 0.625. The van der Waals surface area contributed by atoms with Crippen LogP contribution in [0.1, 0.15) is 30.4 Å². The van der Waals surface area contributed by atoms with Crippen molar-refractivity contribution >= 4 is 12.1 Å². The van der Waals surface area contributed by atoms with Crippen molar-refractivity contribution in [3.05, 3.63) is 58.7 Å². The van der Waals surface area contributed by atoms with Crippen molar-refractivity contribution in [3.63, 3.8) is 0 Å². The number of hydrogen-bond acceptors (Lipinski definition) is 4. The summed E-state index contributed by atoms with van der Waals surface area (Å²) < 4.78 is 0. The first kappa shape index (κ1) is 21.0. The van der Waals surface area contributed by atoms with Crippen molar-refractivity contribution < 1.29 is 4.79 Å². The maximum Gasteiger partial charge on any atom is 0.250 e. The normalized spacial score (nSPS) is 22.6. The molecule has 2 unspecified atom stereocenters. The van der Waals surface area contributed by atoms with Crippen molar-refractivity contribution in [1.82, 2.24) is 15.1 Å². The van der Waals surface area contributed by atoms with E-state index >= 15 is 0 Å². The monoisotopic (exact) mass is 406 g/mol. The van der Waals surface area contributed by atoms with Gasteiger partial charge < -0.3 is 15.6 Å². The Morgan fingerprint density at radius 3 is 2.87 bits per heavy atom. The summed E-state index contributed by atoms with van der Waals surface area (Å²) in [6.07, 6.45) is 9.94. The molecule has 5 heteroatoms. The molecule has 2 heterocycles. The van der Waals surface area contributed by atoms with Crippen molar-refractivity contribution in [2.45, 2.75) is 32.2 Å². The van der Waals surface area contributed by atoms with Crippen LogP contribution in [0.2, 0.25) is 0 Å². The van der Waals surface area contributed by atoms with Gasteiger partial charge in [-0.05, 0) is 61.4 Å². The Kier molecular flexibility index (Phi) is 6.80. The first-order chi connectivity index (χ1) is 14.7. The topological polar surface area (TPSA) is 59.4 Å². The van der Waals surface area contributed by atoms with Gasteiger partial charge in [-0.3, -0.25) is 9.69 Å². The maximum absolute atomic E-state index is 13.2. The van der Waals surface area contributed by atoms with E-state index in [4.69, 9.17) is 5.41 Å². The van der Waals surface area contributed by atoms with Crippen molar-refractivity contribution in [2.75, 3.05) is 39.8 Å². The molecule has 0 spiro atoms. The van der Waals surface area contributed by atoms with Gasteiger partial charge in [-0.15, -0.1) is 0 Å². The summed E-state index contributed by atoms with van der Waals surface area (Å²) in [7, 11) is 1.91. The smallest absolute Gasteiger partial charge is 0.250 e. The average molecular weight is 407 g/mol. The van der Waals surface area contributed by atoms with Crippen molar-refractivity contribution in [1.29, 1.82) is 5.41 Å². The second-order valence-electron chi connectivity index (χ2n) is 8.80. The minimum atomic E-state index is 0.0496. The molecule has 160 valence electrons. The van der Waals surface area contributed by atoms with Crippen LogP contribution in [0, 0.1) is 17.2 Å². The maximum atomic E-state index is 13.2. The number of allylic oxidation sites excluding steroid dienone is 2. The lowest BCUT2D eigenvalue weighted by atomic mass is 9.80. The van der Waals surface area contributed by atoms with E-state index < -0.39 is 0 Å². The first-order valence-electron chi connectivity index (χ1n) is 11.3. The van der Waals surface area contributed by atoms with Crippen LogP contribution in [0.4, 0.5) is 0 Å². The zero-order valence-electron chi connectivity index (χ0n) is 18.1. The number of nitrogens with zero attached hydrogens (tertiary/aromatic N) is 2. The van der Waals surface area contributed by atoms with E-state index in [0.29, 0.717) is 5.92 Å². The third kappa shape index (κ3) is 4.57. The number of carbonyl (C=O) groups is 1. The van der Waals surface area contributed by atoms with Gasteiger partial charge in [0.2, 0.25) is 5.91 Å². The fourth-order valence-corrected chi connectivity index (χ4v) is 5.06. The van der Waals surface area contributed by atoms with Gasteiger partial charge in [-0.2, -0.15) is 0 Å². The molecule has 0 radical (unpaired) electrons. The summed E-state index contributed by atoms with van der Waals surface area (Å²) in [6, 6.07) is 8.75. The Labute approximate surface area is 180 Å². The number of likely N-dealkylation sites (tertiary alicyclic amines) is 1. The molecule has 1 amide bonds. The molecular formula is C25H34N4O. The van der Waals surface area contributed by atoms with Crippen LogP contribution >= 0.6 is 0 Å². The van der Waals surface area contributed by atoms with Gasteiger partial charge >= 0.3 is 0 Å². The molecule has 2 N–H and O–H groups in total. The van der Waals surface area contributed by atoms with Gasteiger partial charge in [0.05, 0.1) is 0 Å². The fourth-order valence-electron chi connectivity index (χ4n) is 5.06. The standard InChI is InChI=1S/C25H34N4O/c1-27-17-23(16-26)21-8-7-20-10-14-29(25(30)24(20)15-21)12-4-11-28-13-9-19-5-2-3-6-22(19)18-28/h2-3,5-6,8,15-16,20,23,26-27H,4,7,9-14,17-18H2,1H3. The highest BCUT2D eigenvalue weighted by Crippen LogP contribution is 2.34. The molecule has 5 nitrogen and oxygen atoms in total. The van der Waals surface area contributed by atoms with E-state index in [2.05, 4.69) is 51.5 Å². The molecule has 4 rings (SSSR count). The number of piperidine rings is 1. The van der Waals surface area contributed by atoms with Crippen LogP contribution in [0.15, 0.2) is 47.6 Å². The van der Waals surface area contributed by atoms with Crippen LogP contribution in [0.5, 0.6) is 0 Å². The largest absolute Gasteiger partial charge is 0.339 e. The summed E-state index contributed by atoms with van der Waals surface area (Å²) >= 11 is 0. The minimum Gasteiger partial charge on any atom is -0.339 e. The highest BCUT2D eigenvalue weighted by Gasteiger charge is 2.33. The van der Waals surface area contributed by atoms with Crippen LogP contribution in [0.25, 0.3) is 0 Å². The summed E-state index contributed by atoms with van der Waals surface area (Å²) in [5.41, 5.74) is 5.02. The van der Waals surface area contributed by atoms with Gasteiger partial charge in [0, 0.05) is 57.0 Å². The third-order valence-electron chi connectivity index (χ3n) is 6.85. The van der Waals surface area contributed by atoms with Gasteiger partial charge in [-0.1, -0.05) is 30.3 Å². The molecular weight excluding hydrogens is 372 g/mol. The highest BCUT2D eigenvalue weighted by atomic mass is 16.2. The van der Waals surface area contributed by atoms with Crippen molar-refractivity contribution in [2.24, 2.45) is 11.8 Å². The predicted octanol–water partition coefficient (Wildman–Crippen LogP) is 3.02. The number of rotatable bonds is 8. The lowest BCUT2D eigenvalue weighted by Crippen LogP contribution is -2.43. The predicted molar refractivity (Wildman–Crippen MR) is 122 cm³/mol. The lowest BCUT2D eigenvalue weighted by Gasteiger charge is -2.36. The highest BCUT2D eigenvalue weighted by molar-refractivity contribution is 5.95. The zero-order valence-corrected chi connectivity index (χ0v) is 18.1. The fraction of sp³-hybridized carbons (Fsp3) is 0.520. The van der Waals surface area contributed by atoms with Gasteiger partial charge in [0.1, 0.15) is 0 Å². The third-order valence-corrected chi connectivity index (χ3v) is 6.85. The number of carbonyl (C=O) groups excluding carboxylic acids is 1. The van der Waals surface area contributed by atoms with Crippen LogP contribution in [-0.4, -0.2) is 61.7 Å². The number of nitrogens with one attached hydrogen (secondary N) is 2. The summed E-state index contributed by atoms with van der Waals surface area (Å²) in [5, 5.41) is 10.9. The molecule has 1 saturated heterocycles. The number of amides is 1. The van der Waals surface area contributed by atoms with Crippen LogP contribution in [-0.2, 0) is 17.8 Å². The molecule has 0 bridgehead atoms. The first-order valence-corrected chi connectivity index (χ1v) is 11.3. The van der Waals surface area contributed by atoms with E-state index in [9.17, 15) is 4.79 Å².